The minimum atomic E-state index is -4.33. The molecule has 0 aliphatic carbocycles. The van der Waals surface area contributed by atoms with E-state index in [4.69, 9.17) is 25.8 Å². The van der Waals surface area contributed by atoms with Crippen molar-refractivity contribution in [2.24, 2.45) is 0 Å². The lowest BCUT2D eigenvalue weighted by Crippen LogP contribution is -2.52. The first-order valence-electron chi connectivity index (χ1n) is 14.3. The predicted molar refractivity (Wildman–Crippen MR) is 171 cm³/mol. The fraction of sp³-hybridized carbons (Fsp3) is 0.375. The number of carbonyl (C=O) groups excluding carboxylic acids is 2. The highest BCUT2D eigenvalue weighted by Gasteiger charge is 2.33. The van der Waals surface area contributed by atoms with Crippen molar-refractivity contribution in [3.8, 4) is 17.2 Å². The third-order valence-corrected chi connectivity index (χ3v) is 9.07. The molecule has 0 saturated heterocycles. The first-order valence-corrected chi connectivity index (χ1v) is 16.1. The summed E-state index contributed by atoms with van der Waals surface area (Å²) in [6.45, 7) is 7.14. The van der Waals surface area contributed by atoms with E-state index in [1.165, 1.54) is 37.3 Å². The summed E-state index contributed by atoms with van der Waals surface area (Å²) in [7, 11) is -1.47. The zero-order valence-corrected chi connectivity index (χ0v) is 27.4. The van der Waals surface area contributed by atoms with Gasteiger partial charge in [0.25, 0.3) is 10.0 Å². The number of rotatable bonds is 15. The lowest BCUT2D eigenvalue weighted by molar-refractivity contribution is -0.139. The SMILES string of the molecule is CCOc1ccc(N(CC(=O)N(Cc2cccc(Cl)c2)[C@H](C)C(=O)N[C@@H](C)CC)S(=O)(=O)c2ccc(OC)c(OC)c2)cc1. The summed E-state index contributed by atoms with van der Waals surface area (Å²) in [5.41, 5.74) is 0.917. The standard InChI is InChI=1S/C32H40ClN3O7S/c1-7-22(3)34-32(38)23(4)35(20-24-10-9-11-25(33)18-24)31(37)21-36(26-12-14-27(15-13-26)43-8-2)44(39,40)28-16-17-29(41-5)30(19-28)42-6/h9-19,22-23H,7-8,20-21H2,1-6H3,(H,34,38)/t22-,23+/m0/s1. The van der Waals surface area contributed by atoms with Gasteiger partial charge in [-0.3, -0.25) is 13.9 Å². The molecular weight excluding hydrogens is 606 g/mol. The van der Waals surface area contributed by atoms with Gasteiger partial charge in [-0.25, -0.2) is 8.42 Å². The van der Waals surface area contributed by atoms with Gasteiger partial charge in [-0.1, -0.05) is 30.7 Å². The van der Waals surface area contributed by atoms with Gasteiger partial charge in [0.1, 0.15) is 18.3 Å². The molecular formula is C32H40ClN3O7S. The molecule has 0 saturated carbocycles. The zero-order chi connectivity index (χ0) is 32.4. The molecule has 238 valence electrons. The number of halogens is 1. The number of anilines is 1. The van der Waals surface area contributed by atoms with Gasteiger partial charge in [-0.05, 0) is 81.3 Å². The van der Waals surface area contributed by atoms with Crippen LogP contribution in [-0.2, 0) is 26.2 Å². The lowest BCUT2D eigenvalue weighted by atomic mass is 10.1. The number of nitrogens with zero attached hydrogens (tertiary/aromatic N) is 2. The monoisotopic (exact) mass is 645 g/mol. The molecule has 0 bridgehead atoms. The number of hydrogen-bond acceptors (Lipinski definition) is 7. The van der Waals surface area contributed by atoms with Crippen LogP contribution in [0.15, 0.2) is 71.6 Å². The molecule has 44 heavy (non-hydrogen) atoms. The van der Waals surface area contributed by atoms with E-state index in [0.29, 0.717) is 35.1 Å². The van der Waals surface area contributed by atoms with Crippen LogP contribution in [0.4, 0.5) is 5.69 Å². The number of sulfonamides is 1. The third kappa shape index (κ3) is 8.57. The molecule has 3 aromatic carbocycles. The molecule has 0 radical (unpaired) electrons. The summed E-state index contributed by atoms with van der Waals surface area (Å²) in [6, 6.07) is 16.5. The molecule has 12 heteroatoms. The normalized spacial score (nSPS) is 12.5. The number of nitrogens with one attached hydrogen (secondary N) is 1. The van der Waals surface area contributed by atoms with E-state index in [1.807, 2.05) is 20.8 Å². The third-order valence-electron chi connectivity index (χ3n) is 7.07. The summed E-state index contributed by atoms with van der Waals surface area (Å²) < 4.78 is 45.5. The second-order valence-corrected chi connectivity index (χ2v) is 12.4. The van der Waals surface area contributed by atoms with Gasteiger partial charge in [-0.2, -0.15) is 0 Å². The molecule has 3 aromatic rings. The van der Waals surface area contributed by atoms with Crippen LogP contribution in [0.2, 0.25) is 5.02 Å². The highest BCUT2D eigenvalue weighted by molar-refractivity contribution is 7.92. The maximum Gasteiger partial charge on any atom is 0.264 e. The summed E-state index contributed by atoms with van der Waals surface area (Å²) >= 11 is 6.21. The van der Waals surface area contributed by atoms with Crippen molar-refractivity contribution >= 4 is 39.1 Å². The van der Waals surface area contributed by atoms with Gasteiger partial charge in [0, 0.05) is 23.7 Å². The van der Waals surface area contributed by atoms with Crippen LogP contribution in [0.1, 0.15) is 39.7 Å². The van der Waals surface area contributed by atoms with E-state index < -0.39 is 28.5 Å². The van der Waals surface area contributed by atoms with Crippen molar-refractivity contribution in [2.45, 2.75) is 57.6 Å². The average Bonchev–Trinajstić information content (AvgIpc) is 3.02. The minimum absolute atomic E-state index is 0.0298. The average molecular weight is 646 g/mol. The van der Waals surface area contributed by atoms with Crippen molar-refractivity contribution in [3.63, 3.8) is 0 Å². The summed E-state index contributed by atoms with van der Waals surface area (Å²) in [5, 5.41) is 3.39. The van der Waals surface area contributed by atoms with E-state index in [2.05, 4.69) is 5.32 Å². The number of hydrogen-bond donors (Lipinski definition) is 1. The molecule has 0 spiro atoms. The van der Waals surface area contributed by atoms with Crippen molar-refractivity contribution in [1.29, 1.82) is 0 Å². The van der Waals surface area contributed by atoms with Crippen molar-refractivity contribution in [2.75, 3.05) is 31.7 Å². The van der Waals surface area contributed by atoms with Crippen molar-refractivity contribution in [1.82, 2.24) is 10.2 Å². The van der Waals surface area contributed by atoms with Gasteiger partial charge in [0.15, 0.2) is 11.5 Å². The molecule has 3 rings (SSSR count). The Morgan fingerprint density at radius 1 is 0.932 bits per heavy atom. The fourth-order valence-electron chi connectivity index (χ4n) is 4.39. The summed E-state index contributed by atoms with van der Waals surface area (Å²) in [6.07, 6.45) is 0.704. The van der Waals surface area contributed by atoms with Gasteiger partial charge >= 0.3 is 0 Å². The minimum Gasteiger partial charge on any atom is -0.494 e. The number of ether oxygens (including phenoxy) is 3. The molecule has 1 N–H and O–H groups in total. The highest BCUT2D eigenvalue weighted by Crippen LogP contribution is 2.33. The van der Waals surface area contributed by atoms with Crippen LogP contribution in [0, 0.1) is 0 Å². The van der Waals surface area contributed by atoms with Crippen LogP contribution in [0.5, 0.6) is 17.2 Å². The van der Waals surface area contributed by atoms with E-state index >= 15 is 0 Å². The molecule has 0 aromatic heterocycles. The van der Waals surface area contributed by atoms with Gasteiger partial charge < -0.3 is 24.4 Å². The van der Waals surface area contributed by atoms with Gasteiger partial charge in [0.2, 0.25) is 11.8 Å². The van der Waals surface area contributed by atoms with Gasteiger partial charge in [0.05, 0.1) is 31.4 Å². The maximum atomic E-state index is 14.2. The number of methoxy groups -OCH3 is 2. The molecule has 0 aliphatic rings. The van der Waals surface area contributed by atoms with Crippen LogP contribution in [0.25, 0.3) is 0 Å². The first kappa shape index (κ1) is 34.5. The Balaban J connectivity index is 2.08. The van der Waals surface area contributed by atoms with Crippen molar-refractivity contribution < 1.29 is 32.2 Å². The second-order valence-electron chi connectivity index (χ2n) is 10.1. The van der Waals surface area contributed by atoms with Crippen molar-refractivity contribution in [3.05, 3.63) is 77.3 Å². The van der Waals surface area contributed by atoms with E-state index in [1.54, 1.807) is 55.5 Å². The Bertz CT molecular complexity index is 1530. The molecule has 0 fully saturated rings. The molecule has 2 atom stereocenters. The van der Waals surface area contributed by atoms with Crippen LogP contribution in [0.3, 0.4) is 0 Å². The zero-order valence-electron chi connectivity index (χ0n) is 25.9. The topological polar surface area (TPSA) is 114 Å². The van der Waals surface area contributed by atoms with Gasteiger partial charge in [-0.15, -0.1) is 0 Å². The molecule has 10 nitrogen and oxygen atoms in total. The summed E-state index contributed by atoms with van der Waals surface area (Å²) in [4.78, 5) is 28.6. The smallest absolute Gasteiger partial charge is 0.264 e. The number of carbonyl (C=O) groups is 2. The van der Waals surface area contributed by atoms with E-state index in [9.17, 15) is 18.0 Å². The Kier molecular flexibility index (Phi) is 12.3. The molecule has 0 aliphatic heterocycles. The van der Waals surface area contributed by atoms with E-state index in [0.717, 1.165) is 4.31 Å². The Hall–Kier alpha value is -3.96. The summed E-state index contributed by atoms with van der Waals surface area (Å²) in [5.74, 6) is 0.164. The number of amides is 2. The molecule has 2 amide bonds. The Morgan fingerprint density at radius 3 is 2.20 bits per heavy atom. The predicted octanol–water partition coefficient (Wildman–Crippen LogP) is 5.28. The quantitative estimate of drug-likeness (QED) is 0.239. The number of benzene rings is 3. The molecule has 0 heterocycles. The fourth-order valence-corrected chi connectivity index (χ4v) is 6.03. The second kappa shape index (κ2) is 15.7. The maximum absolute atomic E-state index is 14.2. The lowest BCUT2D eigenvalue weighted by Gasteiger charge is -2.32. The van der Waals surface area contributed by atoms with Crippen LogP contribution in [-0.4, -0.2) is 64.6 Å². The van der Waals surface area contributed by atoms with E-state index in [-0.39, 0.29) is 34.8 Å². The Labute approximate surface area is 264 Å². The van der Waals surface area contributed by atoms with Crippen LogP contribution >= 0.6 is 11.6 Å². The molecule has 0 unspecified atom stereocenters. The largest absolute Gasteiger partial charge is 0.494 e. The Morgan fingerprint density at radius 2 is 1.61 bits per heavy atom. The van der Waals surface area contributed by atoms with Crippen LogP contribution < -0.4 is 23.8 Å². The highest BCUT2D eigenvalue weighted by atomic mass is 35.5. The first-order chi connectivity index (χ1) is 20.9.